The molecule has 0 amide bonds. The lowest BCUT2D eigenvalue weighted by Gasteiger charge is -2.27. The first-order chi connectivity index (χ1) is 8.33. The Kier molecular flexibility index (Phi) is 2.77. The molecule has 0 aliphatic carbocycles. The van der Waals surface area contributed by atoms with E-state index < -0.39 is 0 Å². The molecule has 0 bridgehead atoms. The molecule has 1 nitrogen and oxygen atoms in total. The van der Waals surface area contributed by atoms with Crippen LogP contribution in [0.25, 0.3) is 0 Å². The predicted octanol–water partition coefficient (Wildman–Crippen LogP) is 4.44. The first kappa shape index (κ1) is 10.7. The molecule has 1 atom stereocenters. The van der Waals surface area contributed by atoms with Crippen molar-refractivity contribution in [2.45, 2.75) is 18.9 Å². The predicted molar refractivity (Wildman–Crippen MR) is 72.6 cm³/mol. The molecule has 0 radical (unpaired) electrons. The van der Waals surface area contributed by atoms with Crippen LogP contribution in [0.3, 0.4) is 0 Å². The van der Waals surface area contributed by atoms with Gasteiger partial charge in [-0.15, -0.1) is 0 Å². The highest BCUT2D eigenvalue weighted by Gasteiger charge is 2.18. The largest absolute Gasteiger partial charge is 0.378 e. The lowest BCUT2D eigenvalue weighted by atomic mass is 9.93. The van der Waals surface area contributed by atoms with Gasteiger partial charge in [0.15, 0.2) is 0 Å². The SMILES string of the molecule is Clc1cccc(C2CCc3ccccc3N2)c1. The van der Waals surface area contributed by atoms with Gasteiger partial charge < -0.3 is 5.32 Å². The molecule has 86 valence electrons. The number of para-hydroxylation sites is 1. The minimum absolute atomic E-state index is 0.378. The average molecular weight is 244 g/mol. The monoisotopic (exact) mass is 243 g/mol. The Bertz CT molecular complexity index is 536. The van der Waals surface area contributed by atoms with E-state index in [1.807, 2.05) is 18.2 Å². The summed E-state index contributed by atoms with van der Waals surface area (Å²) in [5, 5.41) is 4.39. The fourth-order valence-corrected chi connectivity index (χ4v) is 2.61. The number of aryl methyl sites for hydroxylation is 1. The maximum atomic E-state index is 6.04. The van der Waals surface area contributed by atoms with E-state index in [9.17, 15) is 0 Å². The van der Waals surface area contributed by atoms with Crippen molar-refractivity contribution in [3.63, 3.8) is 0 Å². The summed E-state index contributed by atoms with van der Waals surface area (Å²) in [5.74, 6) is 0. The molecule has 17 heavy (non-hydrogen) atoms. The Balaban J connectivity index is 1.89. The normalized spacial score (nSPS) is 18.3. The van der Waals surface area contributed by atoms with Crippen molar-refractivity contribution in [1.29, 1.82) is 0 Å². The van der Waals surface area contributed by atoms with Crippen LogP contribution in [0.4, 0.5) is 5.69 Å². The molecule has 1 heterocycles. The molecule has 0 saturated heterocycles. The van der Waals surface area contributed by atoms with Crippen molar-refractivity contribution in [3.8, 4) is 0 Å². The summed E-state index contributed by atoms with van der Waals surface area (Å²) in [7, 11) is 0. The van der Waals surface area contributed by atoms with Crippen molar-refractivity contribution in [3.05, 3.63) is 64.7 Å². The summed E-state index contributed by atoms with van der Waals surface area (Å²) in [5.41, 5.74) is 3.93. The number of hydrogen-bond acceptors (Lipinski definition) is 1. The zero-order chi connectivity index (χ0) is 11.7. The van der Waals surface area contributed by atoms with Crippen molar-refractivity contribution >= 4 is 17.3 Å². The topological polar surface area (TPSA) is 12.0 Å². The number of fused-ring (bicyclic) bond motifs is 1. The Hall–Kier alpha value is -1.47. The Morgan fingerprint density at radius 3 is 2.82 bits per heavy atom. The van der Waals surface area contributed by atoms with Gasteiger partial charge in [-0.25, -0.2) is 0 Å². The number of hydrogen-bond donors (Lipinski definition) is 1. The van der Waals surface area contributed by atoms with E-state index >= 15 is 0 Å². The molecule has 2 heteroatoms. The van der Waals surface area contributed by atoms with E-state index in [1.165, 1.54) is 16.8 Å². The second-order valence-corrected chi connectivity index (χ2v) is 4.88. The summed E-state index contributed by atoms with van der Waals surface area (Å²) in [6, 6.07) is 17.0. The average Bonchev–Trinajstić information content (AvgIpc) is 2.38. The van der Waals surface area contributed by atoms with Crippen molar-refractivity contribution < 1.29 is 0 Å². The van der Waals surface area contributed by atoms with E-state index in [1.54, 1.807) is 0 Å². The molecule has 1 aliphatic rings. The maximum absolute atomic E-state index is 6.04. The molecule has 1 aliphatic heterocycles. The van der Waals surface area contributed by atoms with Gasteiger partial charge in [0.2, 0.25) is 0 Å². The van der Waals surface area contributed by atoms with Crippen molar-refractivity contribution in [1.82, 2.24) is 0 Å². The van der Waals surface area contributed by atoms with Crippen LogP contribution in [0, 0.1) is 0 Å². The van der Waals surface area contributed by atoms with Gasteiger partial charge in [0, 0.05) is 10.7 Å². The van der Waals surface area contributed by atoms with Gasteiger partial charge in [-0.3, -0.25) is 0 Å². The standard InChI is InChI=1S/C15H14ClN/c16-13-6-3-5-12(10-13)15-9-8-11-4-1-2-7-14(11)17-15/h1-7,10,15,17H,8-9H2. The van der Waals surface area contributed by atoms with Crippen molar-refractivity contribution in [2.24, 2.45) is 0 Å². The van der Waals surface area contributed by atoms with Crippen LogP contribution in [-0.4, -0.2) is 0 Å². The molecule has 3 rings (SSSR count). The maximum Gasteiger partial charge on any atom is 0.0517 e. The second-order valence-electron chi connectivity index (χ2n) is 4.45. The molecule has 1 N–H and O–H groups in total. The Morgan fingerprint density at radius 1 is 1.06 bits per heavy atom. The quantitative estimate of drug-likeness (QED) is 0.781. The lowest BCUT2D eigenvalue weighted by Crippen LogP contribution is -2.17. The van der Waals surface area contributed by atoms with E-state index in [4.69, 9.17) is 11.6 Å². The Morgan fingerprint density at radius 2 is 1.94 bits per heavy atom. The van der Waals surface area contributed by atoms with Crippen LogP contribution >= 0.6 is 11.6 Å². The minimum Gasteiger partial charge on any atom is -0.378 e. The molecular formula is C15H14ClN. The van der Waals surface area contributed by atoms with Gasteiger partial charge in [-0.1, -0.05) is 41.9 Å². The number of halogens is 1. The zero-order valence-corrected chi connectivity index (χ0v) is 10.2. The van der Waals surface area contributed by atoms with Gasteiger partial charge in [0.25, 0.3) is 0 Å². The zero-order valence-electron chi connectivity index (χ0n) is 9.49. The number of nitrogens with one attached hydrogen (secondary N) is 1. The molecule has 0 fully saturated rings. The number of benzene rings is 2. The van der Waals surface area contributed by atoms with Gasteiger partial charge in [-0.2, -0.15) is 0 Å². The van der Waals surface area contributed by atoms with Crippen LogP contribution in [0.1, 0.15) is 23.6 Å². The second kappa shape index (κ2) is 4.42. The summed E-state index contributed by atoms with van der Waals surface area (Å²) >= 11 is 6.04. The third kappa shape index (κ3) is 2.16. The highest BCUT2D eigenvalue weighted by atomic mass is 35.5. The summed E-state index contributed by atoms with van der Waals surface area (Å²) in [6.45, 7) is 0. The number of rotatable bonds is 1. The van der Waals surface area contributed by atoms with Crippen LogP contribution in [0.15, 0.2) is 48.5 Å². The smallest absolute Gasteiger partial charge is 0.0517 e. The van der Waals surface area contributed by atoms with Gasteiger partial charge >= 0.3 is 0 Å². The third-order valence-electron chi connectivity index (χ3n) is 3.30. The third-order valence-corrected chi connectivity index (χ3v) is 3.54. The summed E-state index contributed by atoms with van der Waals surface area (Å²) < 4.78 is 0. The molecule has 2 aromatic carbocycles. The van der Waals surface area contributed by atoms with E-state index in [2.05, 4.69) is 35.6 Å². The summed E-state index contributed by atoms with van der Waals surface area (Å²) in [6.07, 6.45) is 2.25. The van der Waals surface area contributed by atoms with Crippen LogP contribution < -0.4 is 5.32 Å². The van der Waals surface area contributed by atoms with Gasteiger partial charge in [0.05, 0.1) is 6.04 Å². The van der Waals surface area contributed by atoms with Gasteiger partial charge in [0.1, 0.15) is 0 Å². The minimum atomic E-state index is 0.378. The van der Waals surface area contributed by atoms with E-state index in [0.29, 0.717) is 6.04 Å². The first-order valence-corrected chi connectivity index (χ1v) is 6.30. The molecule has 0 saturated carbocycles. The van der Waals surface area contributed by atoms with Crippen LogP contribution in [0.2, 0.25) is 5.02 Å². The lowest BCUT2D eigenvalue weighted by molar-refractivity contribution is 0.668. The van der Waals surface area contributed by atoms with E-state index in [-0.39, 0.29) is 0 Å². The van der Waals surface area contributed by atoms with Crippen LogP contribution in [0.5, 0.6) is 0 Å². The first-order valence-electron chi connectivity index (χ1n) is 5.93. The van der Waals surface area contributed by atoms with Gasteiger partial charge in [-0.05, 0) is 42.2 Å². The fraction of sp³-hybridized carbons (Fsp3) is 0.200. The molecule has 1 unspecified atom stereocenters. The van der Waals surface area contributed by atoms with E-state index in [0.717, 1.165) is 17.9 Å². The molecular weight excluding hydrogens is 230 g/mol. The Labute approximate surface area is 106 Å². The molecule has 0 spiro atoms. The highest BCUT2D eigenvalue weighted by Crippen LogP contribution is 2.32. The van der Waals surface area contributed by atoms with Crippen LogP contribution in [-0.2, 0) is 6.42 Å². The number of anilines is 1. The van der Waals surface area contributed by atoms with Crippen molar-refractivity contribution in [2.75, 3.05) is 5.32 Å². The fourth-order valence-electron chi connectivity index (χ4n) is 2.41. The summed E-state index contributed by atoms with van der Waals surface area (Å²) in [4.78, 5) is 0. The molecule has 2 aromatic rings. The highest BCUT2D eigenvalue weighted by molar-refractivity contribution is 6.30. The molecule has 0 aromatic heterocycles.